The van der Waals surface area contributed by atoms with Gasteiger partial charge in [-0.3, -0.25) is 9.59 Å². The highest BCUT2D eigenvalue weighted by atomic mass is 32.2. The third-order valence-electron chi connectivity index (χ3n) is 7.36. The second-order valence-corrected chi connectivity index (χ2v) is 12.6. The molecule has 0 saturated carbocycles. The van der Waals surface area contributed by atoms with Crippen LogP contribution in [0.5, 0.6) is 11.5 Å². The van der Waals surface area contributed by atoms with Crippen LogP contribution < -0.4 is 14.8 Å². The number of carbonyl (C=O) groups is 2. The lowest BCUT2D eigenvalue weighted by Crippen LogP contribution is -2.50. The van der Waals surface area contributed by atoms with Gasteiger partial charge in [-0.25, -0.2) is 8.42 Å². The molecule has 42 heavy (non-hydrogen) atoms. The number of carbonyl (C=O) groups excluding carboxylic acids is 2. The van der Waals surface area contributed by atoms with Crippen LogP contribution in [-0.4, -0.2) is 80.5 Å². The lowest BCUT2D eigenvalue weighted by Gasteiger charge is -2.38. The zero-order valence-electron chi connectivity index (χ0n) is 24.2. The zero-order valence-corrected chi connectivity index (χ0v) is 25.0. The Morgan fingerprint density at radius 1 is 1.14 bits per heavy atom. The standard InChI is InChI=1S/C31H37N3O7S/c1-21-18-34(22(2)20-35)31(37)27-17-24(32-30(36)16-23-8-6-5-7-9-23)10-15-28(27)41-29(21)19-33(3)42(38,39)26-13-11-25(40-4)12-14-26/h5-15,17,21-22,29,35H,16,18-20H2,1-4H3,(H,32,36)/t21-,22-,29-/m0/s1. The average molecular weight is 596 g/mol. The Kier molecular flexibility index (Phi) is 9.87. The second-order valence-electron chi connectivity index (χ2n) is 10.5. The van der Waals surface area contributed by atoms with E-state index in [0.717, 1.165) is 5.56 Å². The molecule has 0 bridgehead atoms. The molecule has 0 radical (unpaired) electrons. The van der Waals surface area contributed by atoms with Crippen LogP contribution >= 0.6 is 0 Å². The van der Waals surface area contributed by atoms with E-state index < -0.39 is 22.2 Å². The third kappa shape index (κ3) is 7.10. The highest BCUT2D eigenvalue weighted by molar-refractivity contribution is 7.89. The summed E-state index contributed by atoms with van der Waals surface area (Å²) in [5, 5.41) is 12.8. The molecule has 0 spiro atoms. The molecule has 10 nitrogen and oxygen atoms in total. The molecule has 1 aliphatic heterocycles. The van der Waals surface area contributed by atoms with Gasteiger partial charge in [0.1, 0.15) is 17.6 Å². The van der Waals surface area contributed by atoms with Gasteiger partial charge >= 0.3 is 0 Å². The Bertz CT molecular complexity index is 1500. The number of aliphatic hydroxyl groups is 1. The Hall–Kier alpha value is -3.93. The molecule has 11 heteroatoms. The number of amides is 2. The van der Waals surface area contributed by atoms with Crippen LogP contribution in [0.4, 0.5) is 5.69 Å². The Balaban J connectivity index is 1.61. The molecule has 2 N–H and O–H groups in total. The van der Waals surface area contributed by atoms with Gasteiger partial charge in [-0.2, -0.15) is 4.31 Å². The first-order valence-electron chi connectivity index (χ1n) is 13.7. The van der Waals surface area contributed by atoms with Gasteiger partial charge in [-0.15, -0.1) is 0 Å². The summed E-state index contributed by atoms with van der Waals surface area (Å²) in [6.45, 7) is 3.61. The summed E-state index contributed by atoms with van der Waals surface area (Å²) in [7, 11) is -0.853. The fourth-order valence-electron chi connectivity index (χ4n) is 4.78. The zero-order chi connectivity index (χ0) is 30.4. The molecule has 0 fully saturated rings. The van der Waals surface area contributed by atoms with Gasteiger partial charge < -0.3 is 24.8 Å². The first-order chi connectivity index (χ1) is 20.0. The van der Waals surface area contributed by atoms with E-state index in [4.69, 9.17) is 9.47 Å². The van der Waals surface area contributed by atoms with E-state index in [1.54, 1.807) is 42.2 Å². The molecule has 3 aromatic carbocycles. The molecule has 0 saturated heterocycles. The number of methoxy groups -OCH3 is 1. The Labute approximate surface area is 246 Å². The van der Waals surface area contributed by atoms with Crippen molar-refractivity contribution in [2.75, 3.05) is 39.2 Å². The van der Waals surface area contributed by atoms with E-state index in [0.29, 0.717) is 11.4 Å². The molecule has 1 aliphatic rings. The van der Waals surface area contributed by atoms with Crippen molar-refractivity contribution in [1.29, 1.82) is 0 Å². The highest BCUT2D eigenvalue weighted by Gasteiger charge is 2.35. The summed E-state index contributed by atoms with van der Waals surface area (Å²) < 4.78 is 39.4. The number of aliphatic hydroxyl groups excluding tert-OH is 1. The van der Waals surface area contributed by atoms with Crippen LogP contribution in [0.2, 0.25) is 0 Å². The van der Waals surface area contributed by atoms with E-state index in [1.165, 1.54) is 30.6 Å². The van der Waals surface area contributed by atoms with Crippen molar-refractivity contribution in [1.82, 2.24) is 9.21 Å². The number of nitrogens with one attached hydrogen (secondary N) is 1. The summed E-state index contributed by atoms with van der Waals surface area (Å²) in [5.74, 6) is -0.0607. The van der Waals surface area contributed by atoms with Crippen molar-refractivity contribution in [3.8, 4) is 11.5 Å². The van der Waals surface area contributed by atoms with E-state index in [2.05, 4.69) is 5.32 Å². The summed E-state index contributed by atoms with van der Waals surface area (Å²) in [4.78, 5) is 28.1. The van der Waals surface area contributed by atoms with Crippen molar-refractivity contribution < 1.29 is 32.6 Å². The minimum Gasteiger partial charge on any atom is -0.497 e. The van der Waals surface area contributed by atoms with Crippen LogP contribution in [-0.2, 0) is 21.2 Å². The van der Waals surface area contributed by atoms with Crippen molar-refractivity contribution >= 4 is 27.5 Å². The quantitative estimate of drug-likeness (QED) is 0.368. The molecule has 3 aromatic rings. The topological polar surface area (TPSA) is 125 Å². The maximum Gasteiger partial charge on any atom is 0.258 e. The SMILES string of the molecule is COc1ccc(S(=O)(=O)N(C)C[C@@H]2Oc3ccc(NC(=O)Cc4ccccc4)cc3C(=O)N([C@@H](C)CO)C[C@@H]2C)cc1. The molecular weight excluding hydrogens is 558 g/mol. The second kappa shape index (κ2) is 13.4. The number of ether oxygens (including phenoxy) is 2. The summed E-state index contributed by atoms with van der Waals surface area (Å²) in [6, 6.07) is 19.8. The minimum atomic E-state index is -3.85. The van der Waals surface area contributed by atoms with E-state index in [1.807, 2.05) is 37.3 Å². The van der Waals surface area contributed by atoms with Crippen molar-refractivity contribution in [3.05, 3.63) is 83.9 Å². The highest BCUT2D eigenvalue weighted by Crippen LogP contribution is 2.31. The Morgan fingerprint density at radius 2 is 1.83 bits per heavy atom. The van der Waals surface area contributed by atoms with Crippen LogP contribution in [0.1, 0.15) is 29.8 Å². The molecule has 0 aliphatic carbocycles. The third-order valence-corrected chi connectivity index (χ3v) is 9.20. The number of hydrogen-bond donors (Lipinski definition) is 2. The number of nitrogens with zero attached hydrogens (tertiary/aromatic N) is 2. The largest absolute Gasteiger partial charge is 0.497 e. The fraction of sp³-hybridized carbons (Fsp3) is 0.355. The van der Waals surface area contributed by atoms with Crippen molar-refractivity contribution in [2.45, 2.75) is 37.3 Å². The molecule has 3 atom stereocenters. The van der Waals surface area contributed by atoms with Gasteiger partial charge in [0.2, 0.25) is 15.9 Å². The van der Waals surface area contributed by atoms with Gasteiger partial charge in [-0.05, 0) is 55.0 Å². The number of anilines is 1. The van der Waals surface area contributed by atoms with Crippen molar-refractivity contribution in [2.24, 2.45) is 5.92 Å². The summed E-state index contributed by atoms with van der Waals surface area (Å²) in [5.41, 5.74) is 1.49. The van der Waals surface area contributed by atoms with Gasteiger partial charge in [0.15, 0.2) is 0 Å². The number of hydrogen-bond acceptors (Lipinski definition) is 7. The summed E-state index contributed by atoms with van der Waals surface area (Å²) >= 11 is 0. The number of fused-ring (bicyclic) bond motifs is 1. The predicted molar refractivity (Wildman–Crippen MR) is 159 cm³/mol. The first kappa shape index (κ1) is 31.0. The first-order valence-corrected chi connectivity index (χ1v) is 15.1. The number of benzene rings is 3. The van der Waals surface area contributed by atoms with Crippen LogP contribution in [0.15, 0.2) is 77.7 Å². The number of likely N-dealkylation sites (N-methyl/N-ethyl adjacent to an activating group) is 1. The maximum absolute atomic E-state index is 13.7. The minimum absolute atomic E-state index is 0.0140. The normalized spacial score (nSPS) is 18.0. The number of rotatable bonds is 10. The van der Waals surface area contributed by atoms with E-state index in [9.17, 15) is 23.1 Å². The lowest BCUT2D eigenvalue weighted by atomic mass is 9.99. The van der Waals surface area contributed by atoms with Crippen LogP contribution in [0.25, 0.3) is 0 Å². The molecule has 1 heterocycles. The van der Waals surface area contributed by atoms with Crippen LogP contribution in [0, 0.1) is 5.92 Å². The fourth-order valence-corrected chi connectivity index (χ4v) is 5.97. The average Bonchev–Trinajstić information content (AvgIpc) is 2.99. The Morgan fingerprint density at radius 3 is 2.48 bits per heavy atom. The predicted octanol–water partition coefficient (Wildman–Crippen LogP) is 3.42. The smallest absolute Gasteiger partial charge is 0.258 e. The monoisotopic (exact) mass is 595 g/mol. The molecule has 4 rings (SSSR count). The van der Waals surface area contributed by atoms with Gasteiger partial charge in [0.05, 0.1) is 43.2 Å². The van der Waals surface area contributed by atoms with Gasteiger partial charge in [0.25, 0.3) is 5.91 Å². The lowest BCUT2D eigenvalue weighted by molar-refractivity contribution is -0.115. The van der Waals surface area contributed by atoms with Gasteiger partial charge in [-0.1, -0.05) is 37.3 Å². The number of sulfonamides is 1. The van der Waals surface area contributed by atoms with Crippen LogP contribution in [0.3, 0.4) is 0 Å². The molecular formula is C31H37N3O7S. The van der Waals surface area contributed by atoms with Gasteiger partial charge in [0, 0.05) is 25.2 Å². The maximum atomic E-state index is 13.7. The molecule has 2 amide bonds. The molecule has 0 unspecified atom stereocenters. The van der Waals surface area contributed by atoms with Crippen molar-refractivity contribution in [3.63, 3.8) is 0 Å². The van der Waals surface area contributed by atoms with E-state index >= 15 is 0 Å². The molecule has 0 aromatic heterocycles. The summed E-state index contributed by atoms with van der Waals surface area (Å²) in [6.07, 6.45) is -0.452. The van der Waals surface area contributed by atoms with E-state index in [-0.39, 0.29) is 60.1 Å². The molecule has 224 valence electrons.